The molecule has 0 bridgehead atoms. The van der Waals surface area contributed by atoms with Crippen molar-refractivity contribution in [1.29, 1.82) is 0 Å². The van der Waals surface area contributed by atoms with Crippen LogP contribution in [0.2, 0.25) is 0 Å². The van der Waals surface area contributed by atoms with Gasteiger partial charge in [-0.1, -0.05) is 6.92 Å². The zero-order chi connectivity index (χ0) is 14.9. The summed E-state index contributed by atoms with van der Waals surface area (Å²) in [6.45, 7) is 5.06. The molecule has 0 aromatic heterocycles. The average molecular weight is 340 g/mol. The van der Waals surface area contributed by atoms with Gasteiger partial charge in [0.1, 0.15) is 0 Å². The minimum absolute atomic E-state index is 0. The molecule has 0 rings (SSSR count). The fourth-order valence-corrected chi connectivity index (χ4v) is 1.96. The van der Waals surface area contributed by atoms with Gasteiger partial charge in [0, 0.05) is 22.5 Å². The first-order valence-electron chi connectivity index (χ1n) is 5.42. The Morgan fingerprint density at radius 3 is 1.42 bits per heavy atom. The molecule has 0 amide bonds. The molecule has 0 aliphatic rings. The number of hydrogen-bond acceptors (Lipinski definition) is 2. The van der Waals surface area contributed by atoms with Crippen LogP contribution < -0.4 is 0 Å². The third-order valence-corrected chi connectivity index (χ3v) is 2.99. The number of hydrogen-bond donors (Lipinski definition) is 1. The van der Waals surface area contributed by atoms with Gasteiger partial charge >= 0.3 is 12.4 Å². The van der Waals surface area contributed by atoms with Crippen molar-refractivity contribution in [2.45, 2.75) is 57.7 Å². The van der Waals surface area contributed by atoms with Crippen molar-refractivity contribution in [3.8, 4) is 0 Å². The Labute approximate surface area is 118 Å². The van der Waals surface area contributed by atoms with E-state index in [1.165, 1.54) is 20.8 Å². The molecule has 0 heterocycles. The van der Waals surface area contributed by atoms with Crippen LogP contribution in [0.3, 0.4) is 0 Å². The maximum atomic E-state index is 12.6. The maximum absolute atomic E-state index is 12.6. The van der Waals surface area contributed by atoms with Crippen molar-refractivity contribution < 1.29 is 47.9 Å². The molecule has 1 atom stereocenters. The largest absolute Gasteiger partial charge is 0.427 e. The van der Waals surface area contributed by atoms with Gasteiger partial charge < -0.3 is 5.11 Å². The van der Waals surface area contributed by atoms with Gasteiger partial charge in [-0.3, -0.25) is 4.90 Å². The Morgan fingerprint density at radius 1 is 0.947 bits per heavy atom. The van der Waals surface area contributed by atoms with E-state index >= 15 is 0 Å². The SMILES string of the molecule is CCN(C(C)C)C(C)C(O)(C(F)(F)F)C(F)(F)F.[Ni]. The molecule has 0 aliphatic heterocycles. The average Bonchev–Trinajstić information content (AvgIpc) is 2.12. The van der Waals surface area contributed by atoms with Crippen molar-refractivity contribution in [3.63, 3.8) is 0 Å². The van der Waals surface area contributed by atoms with Gasteiger partial charge in [0.2, 0.25) is 0 Å². The van der Waals surface area contributed by atoms with Crippen LogP contribution in [0.1, 0.15) is 27.7 Å². The van der Waals surface area contributed by atoms with E-state index in [9.17, 15) is 31.4 Å². The normalized spacial score (nSPS) is 15.6. The van der Waals surface area contributed by atoms with Crippen LogP contribution in [-0.2, 0) is 16.5 Å². The van der Waals surface area contributed by atoms with Crippen molar-refractivity contribution in [3.05, 3.63) is 0 Å². The quantitative estimate of drug-likeness (QED) is 0.628. The van der Waals surface area contributed by atoms with E-state index in [1.54, 1.807) is 0 Å². The molecule has 0 saturated heterocycles. The molecule has 2 nitrogen and oxygen atoms in total. The number of likely N-dealkylation sites (N-methyl/N-ethyl adjacent to an activating group) is 1. The Bertz CT molecular complexity index is 264. The van der Waals surface area contributed by atoms with Gasteiger partial charge in [0.15, 0.2) is 0 Å². The minimum atomic E-state index is -5.78. The van der Waals surface area contributed by atoms with Crippen molar-refractivity contribution in [2.24, 2.45) is 0 Å². The molecule has 0 fully saturated rings. The van der Waals surface area contributed by atoms with E-state index in [2.05, 4.69) is 0 Å². The van der Waals surface area contributed by atoms with Crippen LogP contribution in [0.25, 0.3) is 0 Å². The molecule has 0 aliphatic carbocycles. The smallest absolute Gasteiger partial charge is 0.372 e. The van der Waals surface area contributed by atoms with E-state index in [0.29, 0.717) is 0 Å². The Morgan fingerprint density at radius 2 is 1.26 bits per heavy atom. The van der Waals surface area contributed by atoms with Gasteiger partial charge in [-0.15, -0.1) is 0 Å². The number of aliphatic hydroxyl groups is 1. The maximum Gasteiger partial charge on any atom is 0.427 e. The number of rotatable bonds is 4. The van der Waals surface area contributed by atoms with Gasteiger partial charge in [0.05, 0.1) is 6.04 Å². The summed E-state index contributed by atoms with van der Waals surface area (Å²) in [5.74, 6) is 0. The minimum Gasteiger partial charge on any atom is -0.372 e. The Balaban J connectivity index is 0. The first kappa shape index (κ1) is 21.3. The molecular formula is C10H17F6NNiO. The molecule has 120 valence electrons. The standard InChI is InChI=1S/C10H17F6NO.Ni/c1-5-17(6(2)3)7(4)8(18,9(11,12)13)10(14,15)16;/h6-7,18H,5H2,1-4H3;. The monoisotopic (exact) mass is 339 g/mol. The topological polar surface area (TPSA) is 23.5 Å². The fraction of sp³-hybridized carbons (Fsp3) is 1.00. The number of alkyl halides is 6. The summed E-state index contributed by atoms with van der Waals surface area (Å²) >= 11 is 0. The summed E-state index contributed by atoms with van der Waals surface area (Å²) in [6, 6.07) is -2.68. The van der Waals surface area contributed by atoms with Crippen LogP contribution in [-0.4, -0.2) is 46.6 Å². The van der Waals surface area contributed by atoms with Gasteiger partial charge in [-0.2, -0.15) is 26.3 Å². The van der Waals surface area contributed by atoms with Gasteiger partial charge in [-0.25, -0.2) is 0 Å². The summed E-state index contributed by atoms with van der Waals surface area (Å²) in [4.78, 5) is 0.945. The van der Waals surface area contributed by atoms with Crippen LogP contribution >= 0.6 is 0 Å². The summed E-state index contributed by atoms with van der Waals surface area (Å²) in [5.41, 5.74) is -4.74. The van der Waals surface area contributed by atoms with E-state index in [1.807, 2.05) is 0 Å². The van der Waals surface area contributed by atoms with Gasteiger partial charge in [-0.05, 0) is 27.3 Å². The van der Waals surface area contributed by atoms with Crippen LogP contribution in [0.5, 0.6) is 0 Å². The van der Waals surface area contributed by atoms with Gasteiger partial charge in [0.25, 0.3) is 5.60 Å². The number of halogens is 6. The van der Waals surface area contributed by atoms with Crippen LogP contribution in [0.15, 0.2) is 0 Å². The predicted octanol–water partition coefficient (Wildman–Crippen LogP) is 2.96. The summed E-state index contributed by atoms with van der Waals surface area (Å²) < 4.78 is 75.7. The predicted molar refractivity (Wildman–Crippen MR) is 54.0 cm³/mol. The molecule has 1 N–H and O–H groups in total. The molecule has 19 heavy (non-hydrogen) atoms. The molecule has 9 heteroatoms. The van der Waals surface area contributed by atoms with E-state index in [0.717, 1.165) is 11.8 Å². The summed E-state index contributed by atoms with van der Waals surface area (Å²) in [5, 5.41) is 9.21. The molecule has 0 aromatic rings. The van der Waals surface area contributed by atoms with E-state index in [4.69, 9.17) is 0 Å². The van der Waals surface area contributed by atoms with E-state index in [-0.39, 0.29) is 23.0 Å². The number of nitrogens with zero attached hydrogens (tertiary/aromatic N) is 1. The zero-order valence-electron chi connectivity index (χ0n) is 10.8. The van der Waals surface area contributed by atoms with Crippen molar-refractivity contribution in [2.75, 3.05) is 6.54 Å². The first-order valence-corrected chi connectivity index (χ1v) is 5.42. The second-order valence-corrected chi connectivity index (χ2v) is 4.36. The summed E-state index contributed by atoms with van der Waals surface area (Å²) in [6.07, 6.45) is -11.6. The van der Waals surface area contributed by atoms with E-state index < -0.39 is 30.0 Å². The second-order valence-electron chi connectivity index (χ2n) is 4.36. The van der Waals surface area contributed by atoms with Crippen molar-refractivity contribution in [1.82, 2.24) is 4.90 Å². The first-order chi connectivity index (χ1) is 7.80. The third kappa shape index (κ3) is 3.98. The molecule has 0 saturated carbocycles. The fourth-order valence-electron chi connectivity index (χ4n) is 1.96. The zero-order valence-corrected chi connectivity index (χ0v) is 11.8. The molecule has 0 radical (unpaired) electrons. The third-order valence-electron chi connectivity index (χ3n) is 2.99. The Kier molecular flexibility index (Phi) is 7.43. The Hall–Kier alpha value is -0.00649. The van der Waals surface area contributed by atoms with Crippen LogP contribution in [0.4, 0.5) is 26.3 Å². The summed E-state index contributed by atoms with van der Waals surface area (Å²) in [7, 11) is 0. The van der Waals surface area contributed by atoms with Crippen LogP contribution in [0, 0.1) is 0 Å². The molecule has 0 spiro atoms. The second kappa shape index (κ2) is 6.63. The molecule has 1 unspecified atom stereocenters. The molecule has 0 aromatic carbocycles. The molecular weight excluding hydrogens is 323 g/mol. The van der Waals surface area contributed by atoms with Crippen molar-refractivity contribution >= 4 is 0 Å².